The van der Waals surface area contributed by atoms with Gasteiger partial charge in [-0.05, 0) is 17.5 Å². The molecule has 0 radical (unpaired) electrons. The van der Waals surface area contributed by atoms with Gasteiger partial charge in [-0.2, -0.15) is 5.10 Å². The molecule has 1 fully saturated rings. The second kappa shape index (κ2) is 7.88. The Labute approximate surface area is 152 Å². The van der Waals surface area contributed by atoms with Crippen LogP contribution < -0.4 is 5.32 Å². The van der Waals surface area contributed by atoms with Gasteiger partial charge in [-0.25, -0.2) is 4.79 Å². The lowest BCUT2D eigenvalue weighted by atomic mass is 10.1. The van der Waals surface area contributed by atoms with Crippen LogP contribution in [0.5, 0.6) is 0 Å². The van der Waals surface area contributed by atoms with E-state index in [9.17, 15) is 4.79 Å². The maximum atomic E-state index is 12.3. The van der Waals surface area contributed by atoms with Crippen molar-refractivity contribution in [3.05, 3.63) is 53.3 Å². The largest absolute Gasteiger partial charge is 0.378 e. The first-order valence-electron chi connectivity index (χ1n) is 9.12. The molecule has 138 valence electrons. The second-order valence-electron chi connectivity index (χ2n) is 6.62. The number of rotatable bonds is 4. The SMILES string of the molecule is O=C(NC[C@H]1OCCc2cn(Cc3ccccc3)nc21)N1CCOCC1. The third kappa shape index (κ3) is 3.89. The zero-order valence-corrected chi connectivity index (χ0v) is 14.8. The molecule has 4 rings (SSSR count). The zero-order chi connectivity index (χ0) is 17.8. The molecule has 1 saturated heterocycles. The molecule has 26 heavy (non-hydrogen) atoms. The number of urea groups is 1. The van der Waals surface area contributed by atoms with E-state index in [1.807, 2.05) is 22.9 Å². The summed E-state index contributed by atoms with van der Waals surface area (Å²) in [4.78, 5) is 14.1. The highest BCUT2D eigenvalue weighted by Gasteiger charge is 2.26. The molecule has 0 unspecified atom stereocenters. The molecule has 0 aliphatic carbocycles. The van der Waals surface area contributed by atoms with Crippen molar-refractivity contribution in [2.45, 2.75) is 19.1 Å². The van der Waals surface area contributed by atoms with Crippen LogP contribution in [0.2, 0.25) is 0 Å². The molecule has 1 N–H and O–H groups in total. The van der Waals surface area contributed by atoms with Crippen LogP contribution >= 0.6 is 0 Å². The summed E-state index contributed by atoms with van der Waals surface area (Å²) in [5.74, 6) is 0. The number of carbonyl (C=O) groups is 1. The van der Waals surface area contributed by atoms with Crippen molar-refractivity contribution >= 4 is 6.03 Å². The lowest BCUT2D eigenvalue weighted by molar-refractivity contribution is 0.0348. The van der Waals surface area contributed by atoms with Crippen LogP contribution in [-0.4, -0.2) is 60.2 Å². The Bertz CT molecular complexity index is 740. The van der Waals surface area contributed by atoms with E-state index in [0.29, 0.717) is 39.5 Å². The maximum Gasteiger partial charge on any atom is 0.317 e. The molecule has 7 heteroatoms. The van der Waals surface area contributed by atoms with Crippen LogP contribution in [-0.2, 0) is 22.4 Å². The molecular weight excluding hydrogens is 332 g/mol. The Morgan fingerprint density at radius 3 is 2.81 bits per heavy atom. The highest BCUT2D eigenvalue weighted by Crippen LogP contribution is 2.25. The smallest absolute Gasteiger partial charge is 0.317 e. The summed E-state index contributed by atoms with van der Waals surface area (Å²) in [5, 5.41) is 7.70. The number of morpholine rings is 1. The molecule has 0 bridgehead atoms. The molecular formula is C19H24N4O3. The van der Waals surface area contributed by atoms with E-state index < -0.39 is 0 Å². The van der Waals surface area contributed by atoms with Crippen LogP contribution in [0.1, 0.15) is 22.9 Å². The summed E-state index contributed by atoms with van der Waals surface area (Å²) in [6.07, 6.45) is 2.76. The minimum Gasteiger partial charge on any atom is -0.378 e. The third-order valence-electron chi connectivity index (χ3n) is 4.79. The van der Waals surface area contributed by atoms with Gasteiger partial charge < -0.3 is 19.7 Å². The molecule has 1 aromatic heterocycles. The van der Waals surface area contributed by atoms with Crippen molar-refractivity contribution in [2.75, 3.05) is 39.5 Å². The predicted molar refractivity (Wildman–Crippen MR) is 96.0 cm³/mol. The number of hydrogen-bond donors (Lipinski definition) is 1. The molecule has 2 aliphatic heterocycles. The number of fused-ring (bicyclic) bond motifs is 1. The Morgan fingerprint density at radius 2 is 2.00 bits per heavy atom. The fraction of sp³-hybridized carbons (Fsp3) is 0.474. The number of ether oxygens (including phenoxy) is 2. The van der Waals surface area contributed by atoms with Crippen molar-refractivity contribution in [1.82, 2.24) is 20.0 Å². The number of nitrogens with one attached hydrogen (secondary N) is 1. The highest BCUT2D eigenvalue weighted by atomic mass is 16.5. The molecule has 1 aromatic carbocycles. The molecule has 0 saturated carbocycles. The van der Waals surface area contributed by atoms with Gasteiger partial charge in [-0.15, -0.1) is 0 Å². The first kappa shape index (κ1) is 17.1. The Morgan fingerprint density at radius 1 is 1.19 bits per heavy atom. The Balaban J connectivity index is 1.39. The van der Waals surface area contributed by atoms with Crippen LogP contribution in [0.3, 0.4) is 0 Å². The predicted octanol–water partition coefficient (Wildman–Crippen LogP) is 1.59. The normalized spacial score (nSPS) is 19.8. The van der Waals surface area contributed by atoms with Gasteiger partial charge in [-0.1, -0.05) is 30.3 Å². The van der Waals surface area contributed by atoms with E-state index in [1.165, 1.54) is 11.1 Å². The summed E-state index contributed by atoms with van der Waals surface area (Å²) in [6, 6.07) is 10.2. The van der Waals surface area contributed by atoms with E-state index >= 15 is 0 Å². The van der Waals surface area contributed by atoms with E-state index in [4.69, 9.17) is 14.6 Å². The number of amides is 2. The standard InChI is InChI=1S/C19H24N4O3/c24-19(22-7-10-25-11-8-22)20-12-17-18-16(6-9-26-17)14-23(21-18)13-15-4-2-1-3-5-15/h1-5,14,17H,6-13H2,(H,20,24)/t17-/m1/s1. The summed E-state index contributed by atoms with van der Waals surface area (Å²) in [6.45, 7) is 4.29. The first-order valence-corrected chi connectivity index (χ1v) is 9.12. The quantitative estimate of drug-likeness (QED) is 0.903. The minimum absolute atomic E-state index is 0.0623. The maximum absolute atomic E-state index is 12.3. The van der Waals surface area contributed by atoms with E-state index in [2.05, 4.69) is 23.6 Å². The highest BCUT2D eigenvalue weighted by molar-refractivity contribution is 5.74. The Hall–Kier alpha value is -2.38. The number of carbonyl (C=O) groups excluding carboxylic acids is 1. The van der Waals surface area contributed by atoms with Crippen molar-refractivity contribution in [2.24, 2.45) is 0 Å². The fourth-order valence-electron chi connectivity index (χ4n) is 3.40. The van der Waals surface area contributed by atoms with Gasteiger partial charge >= 0.3 is 6.03 Å². The Kier molecular flexibility index (Phi) is 5.17. The van der Waals surface area contributed by atoms with Crippen molar-refractivity contribution in [3.8, 4) is 0 Å². The summed E-state index contributed by atoms with van der Waals surface area (Å²) in [5.41, 5.74) is 3.36. The molecule has 0 spiro atoms. The van der Waals surface area contributed by atoms with Gasteiger partial charge in [0.25, 0.3) is 0 Å². The number of nitrogens with zero attached hydrogens (tertiary/aromatic N) is 3. The van der Waals surface area contributed by atoms with Gasteiger partial charge in [0.2, 0.25) is 0 Å². The lowest BCUT2D eigenvalue weighted by Gasteiger charge is -2.28. The fourth-order valence-corrected chi connectivity index (χ4v) is 3.40. The van der Waals surface area contributed by atoms with Gasteiger partial charge in [0.1, 0.15) is 6.10 Å². The van der Waals surface area contributed by atoms with E-state index in [0.717, 1.165) is 18.7 Å². The molecule has 7 nitrogen and oxygen atoms in total. The summed E-state index contributed by atoms with van der Waals surface area (Å²) < 4.78 is 13.1. The average Bonchev–Trinajstić information content (AvgIpc) is 3.10. The van der Waals surface area contributed by atoms with Gasteiger partial charge in [0, 0.05) is 19.3 Å². The van der Waals surface area contributed by atoms with Crippen molar-refractivity contribution in [3.63, 3.8) is 0 Å². The monoisotopic (exact) mass is 356 g/mol. The van der Waals surface area contributed by atoms with E-state index in [1.54, 1.807) is 4.90 Å². The lowest BCUT2D eigenvalue weighted by Crippen LogP contribution is -2.47. The minimum atomic E-state index is -0.194. The zero-order valence-electron chi connectivity index (χ0n) is 14.8. The van der Waals surface area contributed by atoms with Gasteiger partial charge in [-0.3, -0.25) is 4.68 Å². The molecule has 2 amide bonds. The molecule has 1 atom stereocenters. The number of benzene rings is 1. The van der Waals surface area contributed by atoms with Gasteiger partial charge in [0.05, 0.1) is 38.6 Å². The average molecular weight is 356 g/mol. The first-order chi connectivity index (χ1) is 12.8. The molecule has 3 heterocycles. The van der Waals surface area contributed by atoms with Crippen LogP contribution in [0.15, 0.2) is 36.5 Å². The molecule has 2 aliphatic rings. The number of hydrogen-bond acceptors (Lipinski definition) is 4. The third-order valence-corrected chi connectivity index (χ3v) is 4.79. The van der Waals surface area contributed by atoms with Crippen LogP contribution in [0.4, 0.5) is 4.79 Å². The number of aromatic nitrogens is 2. The topological polar surface area (TPSA) is 68.6 Å². The summed E-state index contributed by atoms with van der Waals surface area (Å²) >= 11 is 0. The van der Waals surface area contributed by atoms with Crippen molar-refractivity contribution < 1.29 is 14.3 Å². The van der Waals surface area contributed by atoms with Crippen LogP contribution in [0.25, 0.3) is 0 Å². The van der Waals surface area contributed by atoms with Crippen LogP contribution in [0, 0.1) is 0 Å². The summed E-state index contributed by atoms with van der Waals surface area (Å²) in [7, 11) is 0. The van der Waals surface area contributed by atoms with Gasteiger partial charge in [0.15, 0.2) is 0 Å². The van der Waals surface area contributed by atoms with Crippen molar-refractivity contribution in [1.29, 1.82) is 0 Å². The second-order valence-corrected chi connectivity index (χ2v) is 6.62. The van der Waals surface area contributed by atoms with E-state index in [-0.39, 0.29) is 12.1 Å². The molecule has 2 aromatic rings.